The molecule has 2 aromatic heterocycles. The lowest BCUT2D eigenvalue weighted by molar-refractivity contribution is 0.101. The molecular weight excluding hydrogens is 368 g/mol. The van der Waals surface area contributed by atoms with Crippen LogP contribution in [0.25, 0.3) is 11.4 Å². The van der Waals surface area contributed by atoms with Gasteiger partial charge < -0.3 is 4.52 Å². The van der Waals surface area contributed by atoms with E-state index in [-0.39, 0.29) is 29.7 Å². The Bertz CT molecular complexity index is 1070. The summed E-state index contributed by atoms with van der Waals surface area (Å²) in [5, 5.41) is 3.93. The van der Waals surface area contributed by atoms with Crippen LogP contribution in [0.4, 0.5) is 0 Å². The summed E-state index contributed by atoms with van der Waals surface area (Å²) in [5.74, 6) is 0.587. The lowest BCUT2D eigenvalue weighted by atomic mass is 10.0. The van der Waals surface area contributed by atoms with Gasteiger partial charge in [-0.25, -0.2) is 8.42 Å². The second kappa shape index (κ2) is 6.67. The zero-order chi connectivity index (χ0) is 19.0. The number of benzene rings is 1. The number of Topliss-reactive ketones (excluding diaryl/α,β-unsaturated/α-hetero) is 1. The van der Waals surface area contributed by atoms with Gasteiger partial charge in [-0.1, -0.05) is 17.3 Å². The first-order valence-corrected chi connectivity index (χ1v) is 9.74. The maximum Gasteiger partial charge on any atom is 0.243 e. The number of carbonyl (C=O) groups excluding carboxylic acids is 1. The van der Waals surface area contributed by atoms with Crippen molar-refractivity contribution in [3.63, 3.8) is 0 Å². The Morgan fingerprint density at radius 3 is 2.56 bits per heavy atom. The molecule has 1 aliphatic heterocycles. The Morgan fingerprint density at radius 2 is 1.93 bits per heavy atom. The van der Waals surface area contributed by atoms with Crippen molar-refractivity contribution in [1.82, 2.24) is 19.4 Å². The van der Waals surface area contributed by atoms with Gasteiger partial charge in [-0.05, 0) is 31.2 Å². The Kier molecular flexibility index (Phi) is 4.33. The number of carbonyl (C=O) groups is 1. The number of nitrogens with zero attached hydrogens (tertiary/aromatic N) is 4. The first kappa shape index (κ1) is 17.5. The molecule has 3 aromatic rings. The second-order valence-electron chi connectivity index (χ2n) is 6.30. The fourth-order valence-corrected chi connectivity index (χ4v) is 4.35. The van der Waals surface area contributed by atoms with Gasteiger partial charge in [0.2, 0.25) is 21.7 Å². The number of aromatic nitrogens is 3. The predicted octanol–water partition coefficient (Wildman–Crippen LogP) is 2.12. The van der Waals surface area contributed by atoms with Crippen LogP contribution in [0.5, 0.6) is 0 Å². The maximum atomic E-state index is 12.7. The molecule has 1 aromatic carbocycles. The van der Waals surface area contributed by atoms with Crippen LogP contribution in [0.15, 0.2) is 58.2 Å². The van der Waals surface area contributed by atoms with E-state index in [0.29, 0.717) is 17.3 Å². The summed E-state index contributed by atoms with van der Waals surface area (Å²) in [6.07, 6.45) is 3.29. The van der Waals surface area contributed by atoms with Crippen LogP contribution in [-0.4, -0.2) is 46.7 Å². The van der Waals surface area contributed by atoms with Crippen LogP contribution in [-0.2, 0) is 10.0 Å². The molecule has 3 heterocycles. The number of hydrogen-bond acceptors (Lipinski definition) is 7. The molecule has 0 bridgehead atoms. The zero-order valence-corrected chi connectivity index (χ0v) is 15.3. The van der Waals surface area contributed by atoms with E-state index in [1.165, 1.54) is 35.5 Å². The summed E-state index contributed by atoms with van der Waals surface area (Å²) in [7, 11) is -3.61. The highest BCUT2D eigenvalue weighted by Gasteiger charge is 2.40. The minimum atomic E-state index is -3.61. The summed E-state index contributed by atoms with van der Waals surface area (Å²) in [6, 6.07) is 9.54. The maximum absolute atomic E-state index is 12.7. The van der Waals surface area contributed by atoms with Crippen molar-refractivity contribution in [3.8, 4) is 11.4 Å². The summed E-state index contributed by atoms with van der Waals surface area (Å²) in [5.41, 5.74) is 1.21. The SMILES string of the molecule is CC(=O)c1ccc(S(=O)(=O)N2CC(c3nc(-c4cccnc4)no3)C2)cc1. The van der Waals surface area contributed by atoms with Gasteiger partial charge in [-0.15, -0.1) is 0 Å². The molecule has 4 rings (SSSR count). The molecule has 9 heteroatoms. The third-order valence-corrected chi connectivity index (χ3v) is 6.30. The summed E-state index contributed by atoms with van der Waals surface area (Å²) in [6.45, 7) is 1.98. The van der Waals surface area contributed by atoms with Crippen LogP contribution in [0.3, 0.4) is 0 Å². The number of ketones is 1. The summed E-state index contributed by atoms with van der Waals surface area (Å²) < 4.78 is 32.0. The topological polar surface area (TPSA) is 106 Å². The molecule has 0 atom stereocenters. The molecule has 27 heavy (non-hydrogen) atoms. The quantitative estimate of drug-likeness (QED) is 0.620. The van der Waals surface area contributed by atoms with Gasteiger partial charge in [0.15, 0.2) is 5.78 Å². The number of rotatable bonds is 5. The third-order valence-electron chi connectivity index (χ3n) is 4.46. The van der Waals surface area contributed by atoms with E-state index < -0.39 is 10.0 Å². The van der Waals surface area contributed by atoms with E-state index >= 15 is 0 Å². The Morgan fingerprint density at radius 1 is 1.19 bits per heavy atom. The Hall–Kier alpha value is -2.91. The minimum absolute atomic E-state index is 0.108. The molecule has 1 saturated heterocycles. The van der Waals surface area contributed by atoms with Gasteiger partial charge in [0.25, 0.3) is 0 Å². The third kappa shape index (κ3) is 3.26. The van der Waals surface area contributed by atoms with Gasteiger partial charge in [-0.3, -0.25) is 9.78 Å². The largest absolute Gasteiger partial charge is 0.339 e. The highest BCUT2D eigenvalue weighted by atomic mass is 32.2. The average molecular weight is 384 g/mol. The number of hydrogen-bond donors (Lipinski definition) is 0. The molecule has 1 fully saturated rings. The monoisotopic (exact) mass is 384 g/mol. The van der Waals surface area contributed by atoms with E-state index in [9.17, 15) is 13.2 Å². The van der Waals surface area contributed by atoms with Gasteiger partial charge in [-0.2, -0.15) is 9.29 Å². The van der Waals surface area contributed by atoms with E-state index in [1.807, 2.05) is 6.07 Å². The Labute approximate surface area is 155 Å². The van der Waals surface area contributed by atoms with Crippen molar-refractivity contribution in [2.24, 2.45) is 0 Å². The fraction of sp³-hybridized carbons (Fsp3) is 0.222. The zero-order valence-electron chi connectivity index (χ0n) is 14.4. The van der Waals surface area contributed by atoms with Gasteiger partial charge >= 0.3 is 0 Å². The normalized spacial score (nSPS) is 15.4. The van der Waals surface area contributed by atoms with Gasteiger partial charge in [0.1, 0.15) is 0 Å². The van der Waals surface area contributed by atoms with Gasteiger partial charge in [0, 0.05) is 36.6 Å². The molecule has 0 amide bonds. The average Bonchev–Trinajstić information content (AvgIpc) is 3.10. The van der Waals surface area contributed by atoms with Crippen molar-refractivity contribution < 1.29 is 17.7 Å². The molecule has 0 aliphatic carbocycles. The summed E-state index contributed by atoms with van der Waals surface area (Å²) >= 11 is 0. The first-order chi connectivity index (χ1) is 12.9. The van der Waals surface area contributed by atoms with E-state index in [2.05, 4.69) is 15.1 Å². The molecule has 1 aliphatic rings. The van der Waals surface area contributed by atoms with Crippen molar-refractivity contribution in [2.45, 2.75) is 17.7 Å². The molecule has 0 saturated carbocycles. The molecule has 0 radical (unpaired) electrons. The predicted molar refractivity (Wildman–Crippen MR) is 95.5 cm³/mol. The van der Waals surface area contributed by atoms with E-state index in [0.717, 1.165) is 5.56 Å². The molecular formula is C18H16N4O4S. The van der Waals surface area contributed by atoms with Crippen molar-refractivity contribution in [3.05, 3.63) is 60.2 Å². The Balaban J connectivity index is 1.46. The lowest BCUT2D eigenvalue weighted by Gasteiger charge is -2.35. The van der Waals surface area contributed by atoms with Crippen molar-refractivity contribution >= 4 is 15.8 Å². The molecule has 0 unspecified atom stereocenters. The highest BCUT2D eigenvalue weighted by molar-refractivity contribution is 7.89. The highest BCUT2D eigenvalue weighted by Crippen LogP contribution is 2.32. The van der Waals surface area contributed by atoms with Crippen LogP contribution in [0, 0.1) is 0 Å². The fourth-order valence-electron chi connectivity index (χ4n) is 2.81. The molecule has 0 spiro atoms. The number of sulfonamides is 1. The molecule has 0 N–H and O–H groups in total. The van der Waals surface area contributed by atoms with E-state index in [4.69, 9.17) is 4.52 Å². The second-order valence-corrected chi connectivity index (χ2v) is 8.24. The van der Waals surface area contributed by atoms with Crippen LogP contribution >= 0.6 is 0 Å². The van der Waals surface area contributed by atoms with Crippen molar-refractivity contribution in [2.75, 3.05) is 13.1 Å². The molecule has 8 nitrogen and oxygen atoms in total. The lowest BCUT2D eigenvalue weighted by Crippen LogP contribution is -2.48. The number of pyridine rings is 1. The van der Waals surface area contributed by atoms with Crippen molar-refractivity contribution in [1.29, 1.82) is 0 Å². The van der Waals surface area contributed by atoms with Crippen LogP contribution in [0.1, 0.15) is 29.1 Å². The van der Waals surface area contributed by atoms with Gasteiger partial charge in [0.05, 0.1) is 10.8 Å². The first-order valence-electron chi connectivity index (χ1n) is 8.30. The smallest absolute Gasteiger partial charge is 0.243 e. The van der Waals surface area contributed by atoms with E-state index in [1.54, 1.807) is 18.5 Å². The minimum Gasteiger partial charge on any atom is -0.339 e. The van der Waals surface area contributed by atoms with Crippen LogP contribution < -0.4 is 0 Å². The molecule has 138 valence electrons. The van der Waals surface area contributed by atoms with Crippen LogP contribution in [0.2, 0.25) is 0 Å². The standard InChI is InChI=1S/C18H16N4O4S/c1-12(23)13-4-6-16(7-5-13)27(24,25)22-10-15(11-22)18-20-17(21-26-18)14-3-2-8-19-9-14/h2-9,15H,10-11H2,1H3. The summed E-state index contributed by atoms with van der Waals surface area (Å²) in [4.78, 5) is 19.8.